The quantitative estimate of drug-likeness (QED) is 0.915. The first-order valence-electron chi connectivity index (χ1n) is 9.35. The van der Waals surface area contributed by atoms with E-state index in [9.17, 15) is 4.79 Å². The minimum atomic E-state index is 0.187. The van der Waals surface area contributed by atoms with Crippen molar-refractivity contribution in [1.29, 1.82) is 5.26 Å². The summed E-state index contributed by atoms with van der Waals surface area (Å²) in [5, 5.41) is 12.6. The van der Waals surface area contributed by atoms with E-state index in [1.54, 1.807) is 0 Å². The number of piperazine rings is 1. The SMILES string of the molecule is CN1CCN(C(=O)Cc2ccc(N[C@@H]3CCC[C@H](C#N)C3)cc2)CC1. The van der Waals surface area contributed by atoms with Gasteiger partial charge in [-0.25, -0.2) is 0 Å². The Hall–Kier alpha value is -2.06. The summed E-state index contributed by atoms with van der Waals surface area (Å²) in [7, 11) is 2.10. The number of hydrogen-bond acceptors (Lipinski definition) is 4. The molecule has 1 aromatic rings. The summed E-state index contributed by atoms with van der Waals surface area (Å²) in [5.41, 5.74) is 2.15. The average Bonchev–Trinajstić information content (AvgIpc) is 2.64. The molecule has 1 aromatic carbocycles. The lowest BCUT2D eigenvalue weighted by molar-refractivity contribution is -0.132. The minimum absolute atomic E-state index is 0.187. The van der Waals surface area contributed by atoms with Gasteiger partial charge in [-0.1, -0.05) is 18.6 Å². The van der Waals surface area contributed by atoms with Gasteiger partial charge < -0.3 is 15.1 Å². The molecule has 2 fully saturated rings. The highest BCUT2D eigenvalue weighted by Crippen LogP contribution is 2.26. The molecule has 1 aliphatic carbocycles. The highest BCUT2D eigenvalue weighted by molar-refractivity contribution is 5.79. The molecule has 5 heteroatoms. The molecule has 2 atom stereocenters. The molecule has 1 saturated heterocycles. The fraction of sp³-hybridized carbons (Fsp3) is 0.600. The normalized spacial score (nSPS) is 24.6. The van der Waals surface area contributed by atoms with E-state index in [1.807, 2.05) is 17.0 Å². The molecule has 0 radical (unpaired) electrons. The lowest BCUT2D eigenvalue weighted by Crippen LogP contribution is -2.47. The van der Waals surface area contributed by atoms with Crippen LogP contribution in [-0.2, 0) is 11.2 Å². The number of nitrogens with zero attached hydrogens (tertiary/aromatic N) is 3. The fourth-order valence-corrected chi connectivity index (χ4v) is 3.73. The molecule has 0 spiro atoms. The van der Waals surface area contributed by atoms with Crippen molar-refractivity contribution < 1.29 is 4.79 Å². The van der Waals surface area contributed by atoms with E-state index in [4.69, 9.17) is 5.26 Å². The first-order chi connectivity index (χ1) is 12.1. The van der Waals surface area contributed by atoms with E-state index in [0.717, 1.165) is 63.1 Å². The Kier molecular flexibility index (Phi) is 5.93. The first kappa shape index (κ1) is 17.8. The Morgan fingerprint density at radius 3 is 2.60 bits per heavy atom. The van der Waals surface area contributed by atoms with Gasteiger partial charge in [-0.05, 0) is 44.0 Å². The maximum Gasteiger partial charge on any atom is 0.227 e. The second-order valence-corrected chi connectivity index (χ2v) is 7.39. The summed E-state index contributed by atoms with van der Waals surface area (Å²) in [6, 6.07) is 11.0. The van der Waals surface area contributed by atoms with Gasteiger partial charge >= 0.3 is 0 Å². The summed E-state index contributed by atoms with van der Waals surface area (Å²) in [5.74, 6) is 0.407. The van der Waals surface area contributed by atoms with Crippen LogP contribution in [0.2, 0.25) is 0 Å². The van der Waals surface area contributed by atoms with Gasteiger partial charge in [0, 0.05) is 43.8 Å². The van der Waals surface area contributed by atoms with Crippen LogP contribution in [0.4, 0.5) is 5.69 Å². The first-order valence-corrected chi connectivity index (χ1v) is 9.35. The Bertz CT molecular complexity index is 614. The van der Waals surface area contributed by atoms with Gasteiger partial charge in [-0.2, -0.15) is 5.26 Å². The van der Waals surface area contributed by atoms with E-state index in [-0.39, 0.29) is 11.8 Å². The number of nitrogens with one attached hydrogen (secondary N) is 1. The molecule has 0 bridgehead atoms. The van der Waals surface area contributed by atoms with Gasteiger partial charge in [-0.3, -0.25) is 4.79 Å². The maximum absolute atomic E-state index is 12.4. The summed E-state index contributed by atoms with van der Waals surface area (Å²) in [4.78, 5) is 16.6. The third-order valence-electron chi connectivity index (χ3n) is 5.39. The van der Waals surface area contributed by atoms with Gasteiger partial charge in [0.2, 0.25) is 5.91 Å². The molecular weight excluding hydrogens is 312 g/mol. The summed E-state index contributed by atoms with van der Waals surface area (Å²) >= 11 is 0. The number of hydrogen-bond donors (Lipinski definition) is 1. The van der Waals surface area contributed by atoms with Crippen molar-refractivity contribution in [3.63, 3.8) is 0 Å². The number of anilines is 1. The van der Waals surface area contributed by atoms with Crippen molar-refractivity contribution in [2.45, 2.75) is 38.1 Å². The van der Waals surface area contributed by atoms with E-state index in [2.05, 4.69) is 35.5 Å². The van der Waals surface area contributed by atoms with Gasteiger partial charge in [0.15, 0.2) is 0 Å². The molecule has 0 unspecified atom stereocenters. The van der Waals surface area contributed by atoms with Crippen molar-refractivity contribution >= 4 is 11.6 Å². The molecule has 1 saturated carbocycles. The van der Waals surface area contributed by atoms with Gasteiger partial charge in [0.1, 0.15) is 0 Å². The third kappa shape index (κ3) is 4.96. The van der Waals surface area contributed by atoms with Gasteiger partial charge in [-0.15, -0.1) is 0 Å². The van der Waals surface area contributed by atoms with Crippen molar-refractivity contribution in [2.24, 2.45) is 5.92 Å². The molecule has 3 rings (SSSR count). The summed E-state index contributed by atoms with van der Waals surface area (Å²) in [6.07, 6.45) is 4.68. The Balaban J connectivity index is 1.50. The topological polar surface area (TPSA) is 59.4 Å². The van der Waals surface area contributed by atoms with Crippen LogP contribution in [0.15, 0.2) is 24.3 Å². The Morgan fingerprint density at radius 2 is 1.92 bits per heavy atom. The predicted molar refractivity (Wildman–Crippen MR) is 99.2 cm³/mol. The molecule has 0 aromatic heterocycles. The van der Waals surface area contributed by atoms with Gasteiger partial charge in [0.25, 0.3) is 0 Å². The van der Waals surface area contributed by atoms with Crippen LogP contribution in [0.3, 0.4) is 0 Å². The number of carbonyl (C=O) groups is 1. The molecule has 1 aliphatic heterocycles. The lowest BCUT2D eigenvalue weighted by atomic mass is 9.86. The smallest absolute Gasteiger partial charge is 0.227 e. The largest absolute Gasteiger partial charge is 0.382 e. The number of likely N-dealkylation sites (N-methyl/N-ethyl adjacent to an activating group) is 1. The number of nitriles is 1. The average molecular weight is 340 g/mol. The van der Waals surface area contributed by atoms with Crippen LogP contribution >= 0.6 is 0 Å². The van der Waals surface area contributed by atoms with E-state index >= 15 is 0 Å². The maximum atomic E-state index is 12.4. The van der Waals surface area contributed by atoms with Crippen molar-refractivity contribution in [3.05, 3.63) is 29.8 Å². The van der Waals surface area contributed by atoms with Crippen LogP contribution in [0.1, 0.15) is 31.2 Å². The second-order valence-electron chi connectivity index (χ2n) is 7.39. The fourth-order valence-electron chi connectivity index (χ4n) is 3.73. The van der Waals surface area contributed by atoms with Crippen LogP contribution in [0, 0.1) is 17.2 Å². The van der Waals surface area contributed by atoms with E-state index < -0.39 is 0 Å². The Labute approximate surface area is 150 Å². The molecule has 134 valence electrons. The van der Waals surface area contributed by atoms with E-state index in [0.29, 0.717) is 12.5 Å². The zero-order chi connectivity index (χ0) is 17.6. The van der Waals surface area contributed by atoms with Crippen LogP contribution in [0.5, 0.6) is 0 Å². The van der Waals surface area contributed by atoms with Crippen molar-refractivity contribution in [2.75, 3.05) is 38.5 Å². The molecule has 25 heavy (non-hydrogen) atoms. The summed E-state index contributed by atoms with van der Waals surface area (Å²) in [6.45, 7) is 3.58. The number of benzene rings is 1. The zero-order valence-electron chi connectivity index (χ0n) is 15.1. The molecule has 1 heterocycles. The monoisotopic (exact) mass is 340 g/mol. The van der Waals surface area contributed by atoms with Crippen LogP contribution < -0.4 is 5.32 Å². The Morgan fingerprint density at radius 1 is 1.20 bits per heavy atom. The second kappa shape index (κ2) is 8.35. The number of amides is 1. The number of rotatable bonds is 4. The number of carbonyl (C=O) groups excluding carboxylic acids is 1. The molecule has 1 N–H and O–H groups in total. The molecular formula is C20H28N4O. The zero-order valence-corrected chi connectivity index (χ0v) is 15.1. The molecule has 1 amide bonds. The van der Waals surface area contributed by atoms with Crippen LogP contribution in [0.25, 0.3) is 0 Å². The summed E-state index contributed by atoms with van der Waals surface area (Å²) < 4.78 is 0. The van der Waals surface area contributed by atoms with Crippen LogP contribution in [-0.4, -0.2) is 55.0 Å². The van der Waals surface area contributed by atoms with Crippen molar-refractivity contribution in [3.8, 4) is 6.07 Å². The predicted octanol–water partition coefficient (Wildman–Crippen LogP) is 2.50. The standard InChI is InChI=1S/C20H28N4O/c1-23-9-11-24(12-10-23)20(25)14-16-5-7-18(8-6-16)22-19-4-2-3-17(13-19)15-21/h5-8,17,19,22H,2-4,9-14H2,1H3/t17-,19+/m0/s1. The minimum Gasteiger partial charge on any atom is -0.382 e. The van der Waals surface area contributed by atoms with Gasteiger partial charge in [0.05, 0.1) is 12.5 Å². The highest BCUT2D eigenvalue weighted by Gasteiger charge is 2.22. The third-order valence-corrected chi connectivity index (χ3v) is 5.39. The highest BCUT2D eigenvalue weighted by atomic mass is 16.2. The molecule has 2 aliphatic rings. The lowest BCUT2D eigenvalue weighted by Gasteiger charge is -2.32. The van der Waals surface area contributed by atoms with Crippen molar-refractivity contribution in [1.82, 2.24) is 9.80 Å². The van der Waals surface area contributed by atoms with E-state index in [1.165, 1.54) is 0 Å². The molecule has 5 nitrogen and oxygen atoms in total.